The Morgan fingerprint density at radius 2 is 1.69 bits per heavy atom. The molecule has 1 atom stereocenters. The van der Waals surface area contributed by atoms with E-state index in [1.807, 2.05) is 64.3 Å². The zero-order valence-corrected chi connectivity index (χ0v) is 19.9. The lowest BCUT2D eigenvalue weighted by Gasteiger charge is -2.45. The van der Waals surface area contributed by atoms with Gasteiger partial charge in [0.05, 0.1) is 6.10 Å². The van der Waals surface area contributed by atoms with Crippen LogP contribution in [0, 0.1) is 13.8 Å². The molecule has 0 saturated carbocycles. The molecule has 2 aromatic carbocycles. The van der Waals surface area contributed by atoms with Gasteiger partial charge in [-0.05, 0) is 57.5 Å². The van der Waals surface area contributed by atoms with E-state index in [1.54, 1.807) is 0 Å². The number of aryl methyl sites for hydroxylation is 2. The predicted molar refractivity (Wildman–Crippen MR) is 131 cm³/mol. The van der Waals surface area contributed by atoms with E-state index in [2.05, 4.69) is 32.6 Å². The third kappa shape index (κ3) is 5.95. The normalized spacial score (nSPS) is 17.3. The number of nitrogens with one attached hydrogen (secondary N) is 2. The molecule has 0 aromatic heterocycles. The van der Waals surface area contributed by atoms with Crippen molar-refractivity contribution in [2.45, 2.75) is 44.9 Å². The molecule has 3 N–H and O–H groups in total. The maximum absolute atomic E-state index is 13.4. The summed E-state index contributed by atoms with van der Waals surface area (Å²) >= 11 is 0. The minimum absolute atomic E-state index is 0.0598. The van der Waals surface area contributed by atoms with Crippen LogP contribution in [0.5, 0.6) is 0 Å². The van der Waals surface area contributed by atoms with Crippen molar-refractivity contribution in [3.05, 3.63) is 65.2 Å². The number of nitrogens with zero attached hydrogens (tertiary/aromatic N) is 2. The van der Waals surface area contributed by atoms with Crippen LogP contribution in [0.15, 0.2) is 48.5 Å². The largest absolute Gasteiger partial charge is 0.390 e. The molecule has 6 nitrogen and oxygen atoms in total. The lowest BCUT2D eigenvalue weighted by atomic mass is 9.84. The Hall–Kier alpha value is -2.25. The lowest BCUT2D eigenvalue weighted by Crippen LogP contribution is -2.60. The summed E-state index contributed by atoms with van der Waals surface area (Å²) in [7, 11) is 3.98. The van der Waals surface area contributed by atoms with Crippen molar-refractivity contribution in [2.24, 2.45) is 0 Å². The Bertz CT molecular complexity index is 856. The Morgan fingerprint density at radius 1 is 1.06 bits per heavy atom. The molecule has 0 spiro atoms. The van der Waals surface area contributed by atoms with E-state index in [-0.39, 0.29) is 5.91 Å². The van der Waals surface area contributed by atoms with Gasteiger partial charge in [0, 0.05) is 38.4 Å². The fourth-order valence-corrected chi connectivity index (χ4v) is 4.57. The summed E-state index contributed by atoms with van der Waals surface area (Å²) in [4.78, 5) is 17.7. The third-order valence-electron chi connectivity index (χ3n) is 6.70. The number of aliphatic hydroxyl groups is 1. The number of para-hydroxylation sites is 1. The van der Waals surface area contributed by atoms with Gasteiger partial charge in [-0.2, -0.15) is 0 Å². The second-order valence-corrected chi connectivity index (χ2v) is 9.22. The number of rotatable bonds is 9. The first-order valence-corrected chi connectivity index (χ1v) is 11.5. The van der Waals surface area contributed by atoms with Crippen molar-refractivity contribution in [2.75, 3.05) is 45.6 Å². The van der Waals surface area contributed by atoms with E-state index >= 15 is 0 Å². The molecule has 174 valence electrons. The van der Waals surface area contributed by atoms with Gasteiger partial charge in [0.15, 0.2) is 0 Å². The Kier molecular flexibility index (Phi) is 8.43. The summed E-state index contributed by atoms with van der Waals surface area (Å²) in [6, 6.07) is 16.3. The van der Waals surface area contributed by atoms with Gasteiger partial charge in [0.25, 0.3) is 0 Å². The molecule has 1 saturated heterocycles. The van der Waals surface area contributed by atoms with Crippen LogP contribution in [-0.2, 0) is 11.3 Å². The van der Waals surface area contributed by atoms with Crippen LogP contribution >= 0.6 is 0 Å². The first kappa shape index (κ1) is 24.4. The number of likely N-dealkylation sites (N-methyl/N-ethyl adjacent to an activating group) is 1. The average Bonchev–Trinajstić information content (AvgIpc) is 2.77. The zero-order chi connectivity index (χ0) is 23.1. The topological polar surface area (TPSA) is 67.8 Å². The number of amides is 1. The maximum Gasteiger partial charge on any atom is 0.244 e. The highest BCUT2D eigenvalue weighted by Crippen LogP contribution is 2.30. The van der Waals surface area contributed by atoms with Gasteiger partial charge < -0.3 is 20.6 Å². The number of anilines is 1. The van der Waals surface area contributed by atoms with Gasteiger partial charge in [-0.15, -0.1) is 0 Å². The summed E-state index contributed by atoms with van der Waals surface area (Å²) in [5.74, 6) is 0.0598. The Labute approximate surface area is 192 Å². The minimum Gasteiger partial charge on any atom is -0.390 e. The number of piperidine rings is 1. The second-order valence-electron chi connectivity index (χ2n) is 9.22. The number of β-amino-alcohol motifs (C(OH)–C–C–N with tert-alkyl or cyclic N) is 1. The predicted octanol–water partition coefficient (Wildman–Crippen LogP) is 2.79. The first-order chi connectivity index (χ1) is 15.3. The number of carbonyl (C=O) groups is 1. The first-order valence-electron chi connectivity index (χ1n) is 11.5. The molecule has 0 radical (unpaired) electrons. The fraction of sp³-hybridized carbons (Fsp3) is 0.500. The zero-order valence-electron chi connectivity index (χ0n) is 19.9. The number of benzene rings is 2. The Balaban J connectivity index is 1.52. The molecule has 1 aliphatic rings. The van der Waals surface area contributed by atoms with Crippen molar-refractivity contribution < 1.29 is 9.90 Å². The van der Waals surface area contributed by atoms with Gasteiger partial charge in [-0.3, -0.25) is 9.69 Å². The standard InChI is InChI=1S/C26H38N4O2/c1-20-9-8-10-21(2)24(20)28-25(32)26(29(3)4)13-15-30(16-14-26)19-23(31)18-27-17-22-11-6-5-7-12-22/h5-12,23,27,31H,13-19H2,1-4H3,(H,28,32). The van der Waals surface area contributed by atoms with Crippen molar-refractivity contribution >= 4 is 11.6 Å². The van der Waals surface area contributed by atoms with Crippen LogP contribution in [0.3, 0.4) is 0 Å². The molecule has 32 heavy (non-hydrogen) atoms. The van der Waals surface area contributed by atoms with Crippen LogP contribution in [0.4, 0.5) is 5.69 Å². The number of hydrogen-bond acceptors (Lipinski definition) is 5. The minimum atomic E-state index is -0.540. The molecule has 2 aromatic rings. The van der Waals surface area contributed by atoms with Crippen LogP contribution in [0.1, 0.15) is 29.5 Å². The van der Waals surface area contributed by atoms with Crippen molar-refractivity contribution in [1.82, 2.24) is 15.1 Å². The van der Waals surface area contributed by atoms with E-state index < -0.39 is 11.6 Å². The molecule has 1 aliphatic heterocycles. The molecule has 1 unspecified atom stereocenters. The Morgan fingerprint density at radius 3 is 2.28 bits per heavy atom. The summed E-state index contributed by atoms with van der Waals surface area (Å²) in [5, 5.41) is 17.0. The molecule has 1 amide bonds. The van der Waals surface area contributed by atoms with Gasteiger partial charge >= 0.3 is 0 Å². The smallest absolute Gasteiger partial charge is 0.244 e. The maximum atomic E-state index is 13.4. The average molecular weight is 439 g/mol. The van der Waals surface area contributed by atoms with Crippen LogP contribution in [-0.4, -0.2) is 72.7 Å². The van der Waals surface area contributed by atoms with Gasteiger partial charge in [0.2, 0.25) is 5.91 Å². The molecule has 1 heterocycles. The summed E-state index contributed by atoms with van der Waals surface area (Å²) < 4.78 is 0. The van der Waals surface area contributed by atoms with E-state index in [9.17, 15) is 9.90 Å². The van der Waals surface area contributed by atoms with Gasteiger partial charge in [-0.25, -0.2) is 0 Å². The second kappa shape index (κ2) is 11.1. The molecular weight excluding hydrogens is 400 g/mol. The molecular formula is C26H38N4O2. The number of likely N-dealkylation sites (tertiary alicyclic amines) is 1. The van der Waals surface area contributed by atoms with Crippen molar-refractivity contribution in [1.29, 1.82) is 0 Å². The van der Waals surface area contributed by atoms with Crippen molar-refractivity contribution in [3.8, 4) is 0 Å². The lowest BCUT2D eigenvalue weighted by molar-refractivity contribution is -0.129. The van der Waals surface area contributed by atoms with Crippen molar-refractivity contribution in [3.63, 3.8) is 0 Å². The third-order valence-corrected chi connectivity index (χ3v) is 6.70. The van der Waals surface area contributed by atoms with Crippen LogP contribution in [0.2, 0.25) is 0 Å². The molecule has 3 rings (SSSR count). The number of hydrogen-bond donors (Lipinski definition) is 3. The molecule has 1 fully saturated rings. The van der Waals surface area contributed by atoms with Crippen LogP contribution < -0.4 is 10.6 Å². The van der Waals surface area contributed by atoms with E-state index in [4.69, 9.17) is 0 Å². The van der Waals surface area contributed by atoms with E-state index in [0.29, 0.717) is 13.1 Å². The highest BCUT2D eigenvalue weighted by molar-refractivity contribution is 5.99. The van der Waals surface area contributed by atoms with E-state index in [0.717, 1.165) is 49.3 Å². The van der Waals surface area contributed by atoms with Crippen LogP contribution in [0.25, 0.3) is 0 Å². The summed E-state index contributed by atoms with van der Waals surface area (Å²) in [6.45, 7) is 7.55. The quantitative estimate of drug-likeness (QED) is 0.562. The highest BCUT2D eigenvalue weighted by atomic mass is 16.3. The molecule has 0 aliphatic carbocycles. The SMILES string of the molecule is Cc1cccc(C)c1NC(=O)C1(N(C)C)CCN(CC(O)CNCc2ccccc2)CC1. The number of carbonyl (C=O) groups excluding carboxylic acids is 1. The van der Waals surface area contributed by atoms with Gasteiger partial charge in [-0.1, -0.05) is 48.5 Å². The van der Waals surface area contributed by atoms with Gasteiger partial charge in [0.1, 0.15) is 5.54 Å². The highest BCUT2D eigenvalue weighted by Gasteiger charge is 2.43. The number of aliphatic hydroxyl groups excluding tert-OH is 1. The molecule has 0 bridgehead atoms. The summed E-state index contributed by atoms with van der Waals surface area (Å²) in [5.41, 5.74) is 3.75. The van der Waals surface area contributed by atoms with E-state index in [1.165, 1.54) is 5.56 Å². The molecule has 6 heteroatoms. The fourth-order valence-electron chi connectivity index (χ4n) is 4.57. The monoisotopic (exact) mass is 438 g/mol. The summed E-state index contributed by atoms with van der Waals surface area (Å²) in [6.07, 6.45) is 1.04.